The number of benzene rings is 1. The van der Waals surface area contributed by atoms with Crippen LogP contribution < -0.4 is 10.6 Å². The lowest BCUT2D eigenvalue weighted by Crippen LogP contribution is -2.12. The second-order valence-electron chi connectivity index (χ2n) is 5.50. The van der Waals surface area contributed by atoms with Gasteiger partial charge in [-0.25, -0.2) is 9.97 Å². The Hall–Kier alpha value is -2.10. The quantitative estimate of drug-likeness (QED) is 0.881. The fourth-order valence-electron chi connectivity index (χ4n) is 1.66. The van der Waals surface area contributed by atoms with Crippen molar-refractivity contribution in [1.29, 1.82) is 0 Å². The average molecular weight is 256 g/mol. The molecule has 0 saturated carbocycles. The largest absolute Gasteiger partial charge is 0.388 e. The Morgan fingerprint density at radius 2 is 1.63 bits per heavy atom. The summed E-state index contributed by atoms with van der Waals surface area (Å²) in [6, 6.07) is 8.00. The molecule has 0 aliphatic carbocycles. The number of nitrogens with one attached hydrogen (secondary N) is 2. The third-order valence-corrected chi connectivity index (χ3v) is 2.93. The molecule has 100 valence electrons. The lowest BCUT2D eigenvalue weighted by molar-refractivity contribution is 0.584. The van der Waals surface area contributed by atoms with Crippen LogP contribution in [0.25, 0.3) is 0 Å². The van der Waals surface area contributed by atoms with Crippen molar-refractivity contribution in [1.82, 2.24) is 9.97 Å². The van der Waals surface area contributed by atoms with Gasteiger partial charge >= 0.3 is 0 Å². The molecule has 4 nitrogen and oxygen atoms in total. The Balaban J connectivity index is 2.15. The number of anilines is 3. The van der Waals surface area contributed by atoms with E-state index in [1.807, 2.05) is 43.7 Å². The highest BCUT2D eigenvalue weighted by Gasteiger charge is 2.14. The third-order valence-electron chi connectivity index (χ3n) is 2.93. The van der Waals surface area contributed by atoms with Gasteiger partial charge in [0, 0.05) is 30.8 Å². The van der Waals surface area contributed by atoms with Crippen LogP contribution in [-0.2, 0) is 5.41 Å². The van der Waals surface area contributed by atoms with Crippen molar-refractivity contribution >= 4 is 17.3 Å². The lowest BCUT2D eigenvalue weighted by atomic mass is 9.89. The summed E-state index contributed by atoms with van der Waals surface area (Å²) in [6.45, 7) is 6.44. The van der Waals surface area contributed by atoms with E-state index in [4.69, 9.17) is 0 Å². The maximum atomic E-state index is 4.35. The molecule has 0 aliphatic heterocycles. The van der Waals surface area contributed by atoms with E-state index in [0.29, 0.717) is 5.95 Å². The molecule has 4 heteroatoms. The topological polar surface area (TPSA) is 49.8 Å². The molecule has 0 amide bonds. The first-order valence-electron chi connectivity index (χ1n) is 6.36. The fourth-order valence-corrected chi connectivity index (χ4v) is 1.66. The van der Waals surface area contributed by atoms with Crippen LogP contribution in [0, 0.1) is 0 Å². The van der Waals surface area contributed by atoms with Crippen molar-refractivity contribution in [3.05, 3.63) is 42.2 Å². The molecular weight excluding hydrogens is 236 g/mol. The second-order valence-corrected chi connectivity index (χ2v) is 5.50. The van der Waals surface area contributed by atoms with Crippen LogP contribution in [0.2, 0.25) is 0 Å². The summed E-state index contributed by atoms with van der Waals surface area (Å²) in [5, 5.41) is 6.30. The minimum atomic E-state index is 0.0740. The Labute approximate surface area is 114 Å². The first-order valence-corrected chi connectivity index (χ1v) is 6.36. The van der Waals surface area contributed by atoms with E-state index in [1.54, 1.807) is 0 Å². The molecule has 0 radical (unpaired) electrons. The lowest BCUT2D eigenvalue weighted by Gasteiger charge is -2.17. The number of hydrogen-bond donors (Lipinski definition) is 2. The molecule has 0 aliphatic rings. The van der Waals surface area contributed by atoms with Crippen LogP contribution in [0.15, 0.2) is 36.7 Å². The molecule has 19 heavy (non-hydrogen) atoms. The SMILES string of the molecule is CNc1cccc(Nc2ncc(C(C)(C)C)cn2)c1. The first kappa shape index (κ1) is 13.3. The molecule has 1 aromatic heterocycles. The minimum Gasteiger partial charge on any atom is -0.388 e. The van der Waals surface area contributed by atoms with Crippen molar-refractivity contribution in [2.45, 2.75) is 26.2 Å². The predicted octanol–water partition coefficient (Wildman–Crippen LogP) is 3.56. The monoisotopic (exact) mass is 256 g/mol. The van der Waals surface area contributed by atoms with Gasteiger partial charge in [0.05, 0.1) is 0 Å². The smallest absolute Gasteiger partial charge is 0.227 e. The number of hydrogen-bond acceptors (Lipinski definition) is 4. The highest BCUT2D eigenvalue weighted by molar-refractivity contribution is 5.60. The Bertz CT molecular complexity index is 541. The minimum absolute atomic E-state index is 0.0740. The van der Waals surface area contributed by atoms with E-state index in [2.05, 4.69) is 41.4 Å². The van der Waals surface area contributed by atoms with Crippen LogP contribution in [0.3, 0.4) is 0 Å². The molecule has 1 aromatic carbocycles. The molecule has 1 heterocycles. The maximum Gasteiger partial charge on any atom is 0.227 e. The molecule has 0 unspecified atom stereocenters. The highest BCUT2D eigenvalue weighted by Crippen LogP contribution is 2.22. The van der Waals surface area contributed by atoms with Crippen molar-refractivity contribution in [3.63, 3.8) is 0 Å². The van der Waals surface area contributed by atoms with E-state index in [0.717, 1.165) is 16.9 Å². The van der Waals surface area contributed by atoms with Gasteiger partial charge in [-0.3, -0.25) is 0 Å². The van der Waals surface area contributed by atoms with Crippen molar-refractivity contribution < 1.29 is 0 Å². The zero-order valence-corrected chi connectivity index (χ0v) is 11.9. The molecule has 0 saturated heterocycles. The third kappa shape index (κ3) is 3.44. The molecular formula is C15H20N4. The van der Waals surface area contributed by atoms with E-state index in [-0.39, 0.29) is 5.41 Å². The van der Waals surface area contributed by atoms with Gasteiger partial charge in [0.25, 0.3) is 0 Å². The summed E-state index contributed by atoms with van der Waals surface area (Å²) >= 11 is 0. The van der Waals surface area contributed by atoms with E-state index < -0.39 is 0 Å². The number of aromatic nitrogens is 2. The number of rotatable bonds is 3. The van der Waals surface area contributed by atoms with Gasteiger partial charge in [-0.2, -0.15) is 0 Å². The highest BCUT2D eigenvalue weighted by atomic mass is 15.1. The summed E-state index contributed by atoms with van der Waals surface area (Å²) < 4.78 is 0. The fraction of sp³-hybridized carbons (Fsp3) is 0.333. The van der Waals surface area contributed by atoms with Crippen molar-refractivity contribution in [2.24, 2.45) is 0 Å². The predicted molar refractivity (Wildman–Crippen MR) is 80.0 cm³/mol. The van der Waals surface area contributed by atoms with Crippen molar-refractivity contribution in [2.75, 3.05) is 17.7 Å². The van der Waals surface area contributed by atoms with Crippen LogP contribution in [0.1, 0.15) is 26.3 Å². The Kier molecular flexibility index (Phi) is 3.69. The van der Waals surface area contributed by atoms with Gasteiger partial charge in [0.2, 0.25) is 5.95 Å². The molecule has 0 spiro atoms. The summed E-state index contributed by atoms with van der Waals surface area (Å²) in [4.78, 5) is 8.71. The summed E-state index contributed by atoms with van der Waals surface area (Å²) in [5.41, 5.74) is 3.22. The van der Waals surface area contributed by atoms with Crippen LogP contribution in [0.4, 0.5) is 17.3 Å². The Morgan fingerprint density at radius 1 is 1.00 bits per heavy atom. The van der Waals surface area contributed by atoms with E-state index in [1.165, 1.54) is 0 Å². The van der Waals surface area contributed by atoms with E-state index >= 15 is 0 Å². The second kappa shape index (κ2) is 5.26. The Morgan fingerprint density at radius 3 is 2.21 bits per heavy atom. The van der Waals surface area contributed by atoms with Gasteiger partial charge in [0.15, 0.2) is 0 Å². The summed E-state index contributed by atoms with van der Waals surface area (Å²) in [5.74, 6) is 0.612. The van der Waals surface area contributed by atoms with Crippen molar-refractivity contribution in [3.8, 4) is 0 Å². The van der Waals surface area contributed by atoms with Gasteiger partial charge in [0.1, 0.15) is 0 Å². The summed E-state index contributed by atoms with van der Waals surface area (Å²) in [6.07, 6.45) is 3.74. The normalized spacial score (nSPS) is 11.2. The molecule has 0 bridgehead atoms. The average Bonchev–Trinajstić information content (AvgIpc) is 2.38. The standard InChI is InChI=1S/C15H20N4/c1-15(2,3)11-9-17-14(18-10-11)19-13-7-5-6-12(8-13)16-4/h5-10,16H,1-4H3,(H,17,18,19). The molecule has 2 rings (SSSR count). The molecule has 0 fully saturated rings. The molecule has 2 N–H and O–H groups in total. The molecule has 0 atom stereocenters. The molecule has 2 aromatic rings. The maximum absolute atomic E-state index is 4.35. The zero-order chi connectivity index (χ0) is 13.9. The van der Waals surface area contributed by atoms with Gasteiger partial charge < -0.3 is 10.6 Å². The van der Waals surface area contributed by atoms with Gasteiger partial charge in [-0.1, -0.05) is 26.8 Å². The summed E-state index contributed by atoms with van der Waals surface area (Å²) in [7, 11) is 1.90. The van der Waals surface area contributed by atoms with E-state index in [9.17, 15) is 0 Å². The first-order chi connectivity index (χ1) is 8.99. The number of nitrogens with zero attached hydrogens (tertiary/aromatic N) is 2. The van der Waals surface area contributed by atoms with Crippen LogP contribution in [0.5, 0.6) is 0 Å². The van der Waals surface area contributed by atoms with Gasteiger partial charge in [-0.15, -0.1) is 0 Å². The van der Waals surface area contributed by atoms with Gasteiger partial charge in [-0.05, 0) is 29.2 Å². The zero-order valence-electron chi connectivity index (χ0n) is 11.9. The van der Waals surface area contributed by atoms with Crippen LogP contribution in [-0.4, -0.2) is 17.0 Å². The van der Waals surface area contributed by atoms with Crippen LogP contribution >= 0.6 is 0 Å².